The Morgan fingerprint density at radius 3 is 2.71 bits per heavy atom. The highest BCUT2D eigenvalue weighted by Crippen LogP contribution is 2.11. The lowest BCUT2D eigenvalue weighted by atomic mass is 10.1. The summed E-state index contributed by atoms with van der Waals surface area (Å²) in [5.41, 5.74) is 0. The first-order valence-electron chi connectivity index (χ1n) is 5.28. The van der Waals surface area contributed by atoms with E-state index < -0.39 is 0 Å². The lowest BCUT2D eigenvalue weighted by Crippen LogP contribution is -2.45. The van der Waals surface area contributed by atoms with E-state index >= 15 is 0 Å². The number of hydrogen-bond donors (Lipinski definition) is 1. The Balaban J connectivity index is 2.54. The highest BCUT2D eigenvalue weighted by Gasteiger charge is 2.21. The summed E-state index contributed by atoms with van der Waals surface area (Å²) in [5, 5.41) is 3.26. The molecule has 4 heteroatoms. The third-order valence-electron chi connectivity index (χ3n) is 2.73. The van der Waals surface area contributed by atoms with Crippen molar-refractivity contribution in [2.75, 3.05) is 34.2 Å². The molecule has 0 spiro atoms. The molecule has 1 fully saturated rings. The first-order valence-corrected chi connectivity index (χ1v) is 5.28. The zero-order chi connectivity index (χ0) is 10.6. The van der Waals surface area contributed by atoms with E-state index in [2.05, 4.69) is 5.32 Å². The maximum atomic E-state index is 11.7. The summed E-state index contributed by atoms with van der Waals surface area (Å²) < 4.78 is 0. The quantitative estimate of drug-likeness (QED) is 0.676. The van der Waals surface area contributed by atoms with E-state index in [0.717, 1.165) is 19.5 Å². The Hall–Kier alpha value is -0.770. The number of likely N-dealkylation sites (N-methyl/N-ethyl adjacent to an activating group) is 1. The largest absolute Gasteiger partial charge is 0.331 e. The standard InChI is InChI=1S/C10H21N3O/c1-11-9-6-4-5-7-13(8-9)10(14)12(2)3/h9,11H,4-8H2,1-3H3. The van der Waals surface area contributed by atoms with E-state index in [0.29, 0.717) is 6.04 Å². The minimum atomic E-state index is 0.132. The van der Waals surface area contributed by atoms with E-state index in [1.165, 1.54) is 12.8 Å². The van der Waals surface area contributed by atoms with Crippen LogP contribution in [0, 0.1) is 0 Å². The molecule has 1 atom stereocenters. The molecule has 0 aromatic heterocycles. The third-order valence-corrected chi connectivity index (χ3v) is 2.73. The summed E-state index contributed by atoms with van der Waals surface area (Å²) in [5.74, 6) is 0. The molecule has 1 saturated heterocycles. The Kier molecular flexibility index (Phi) is 4.20. The number of nitrogens with one attached hydrogen (secondary N) is 1. The van der Waals surface area contributed by atoms with Crippen LogP contribution in [-0.4, -0.2) is 56.1 Å². The van der Waals surface area contributed by atoms with Crippen molar-refractivity contribution in [2.24, 2.45) is 0 Å². The van der Waals surface area contributed by atoms with Crippen molar-refractivity contribution in [1.82, 2.24) is 15.1 Å². The van der Waals surface area contributed by atoms with Gasteiger partial charge in [-0.05, 0) is 19.9 Å². The monoisotopic (exact) mass is 199 g/mol. The average Bonchev–Trinajstić information content (AvgIpc) is 2.41. The van der Waals surface area contributed by atoms with Gasteiger partial charge in [0.2, 0.25) is 0 Å². The van der Waals surface area contributed by atoms with Gasteiger partial charge in [-0.1, -0.05) is 6.42 Å². The van der Waals surface area contributed by atoms with Crippen molar-refractivity contribution in [1.29, 1.82) is 0 Å². The molecule has 0 aliphatic carbocycles. The van der Waals surface area contributed by atoms with Crippen molar-refractivity contribution in [3.63, 3.8) is 0 Å². The van der Waals surface area contributed by atoms with Gasteiger partial charge in [0.1, 0.15) is 0 Å². The lowest BCUT2D eigenvalue weighted by Gasteiger charge is -2.27. The van der Waals surface area contributed by atoms with Gasteiger partial charge in [0.05, 0.1) is 0 Å². The lowest BCUT2D eigenvalue weighted by molar-refractivity contribution is 0.169. The van der Waals surface area contributed by atoms with Crippen LogP contribution >= 0.6 is 0 Å². The van der Waals surface area contributed by atoms with Crippen LogP contribution in [0.1, 0.15) is 19.3 Å². The smallest absolute Gasteiger partial charge is 0.319 e. The molecular formula is C10H21N3O. The predicted molar refractivity (Wildman–Crippen MR) is 57.4 cm³/mol. The number of urea groups is 1. The summed E-state index contributed by atoms with van der Waals surface area (Å²) in [4.78, 5) is 15.3. The molecule has 1 rings (SSSR count). The van der Waals surface area contributed by atoms with Gasteiger partial charge in [0.15, 0.2) is 0 Å². The molecule has 1 unspecified atom stereocenters. The van der Waals surface area contributed by atoms with Gasteiger partial charge in [-0.15, -0.1) is 0 Å². The maximum absolute atomic E-state index is 11.7. The van der Waals surface area contributed by atoms with Crippen LogP contribution in [0.15, 0.2) is 0 Å². The Bertz CT molecular complexity index is 194. The average molecular weight is 199 g/mol. The number of hydrogen-bond acceptors (Lipinski definition) is 2. The zero-order valence-corrected chi connectivity index (χ0v) is 9.42. The van der Waals surface area contributed by atoms with Crippen LogP contribution < -0.4 is 5.32 Å². The molecule has 2 amide bonds. The normalized spacial score (nSPS) is 23.1. The van der Waals surface area contributed by atoms with Crippen LogP contribution in [0.3, 0.4) is 0 Å². The van der Waals surface area contributed by atoms with Gasteiger partial charge in [0, 0.05) is 33.2 Å². The molecular weight excluding hydrogens is 178 g/mol. The fourth-order valence-electron chi connectivity index (χ4n) is 1.83. The SMILES string of the molecule is CNC1CCCCN(C(=O)N(C)C)C1. The minimum Gasteiger partial charge on any atom is -0.331 e. The van der Waals surface area contributed by atoms with E-state index in [1.807, 2.05) is 26.0 Å². The number of amides is 2. The predicted octanol–water partition coefficient (Wildman–Crippen LogP) is 0.742. The van der Waals surface area contributed by atoms with E-state index in [1.54, 1.807) is 4.90 Å². The second kappa shape index (κ2) is 5.20. The molecule has 0 saturated carbocycles. The van der Waals surface area contributed by atoms with Gasteiger partial charge in [-0.25, -0.2) is 4.79 Å². The topological polar surface area (TPSA) is 35.6 Å². The highest BCUT2D eigenvalue weighted by atomic mass is 16.2. The third kappa shape index (κ3) is 2.87. The summed E-state index contributed by atoms with van der Waals surface area (Å²) in [6, 6.07) is 0.591. The molecule has 0 radical (unpaired) electrons. The molecule has 14 heavy (non-hydrogen) atoms. The molecule has 1 heterocycles. The highest BCUT2D eigenvalue weighted by molar-refractivity contribution is 5.73. The van der Waals surface area contributed by atoms with Gasteiger partial charge in [-0.2, -0.15) is 0 Å². The van der Waals surface area contributed by atoms with Crippen molar-refractivity contribution < 1.29 is 4.79 Å². The summed E-state index contributed by atoms with van der Waals surface area (Å²) >= 11 is 0. The second-order valence-electron chi connectivity index (χ2n) is 4.10. The number of carbonyl (C=O) groups excluding carboxylic acids is 1. The van der Waals surface area contributed by atoms with Crippen LogP contribution in [0.25, 0.3) is 0 Å². The summed E-state index contributed by atoms with van der Waals surface area (Å²) in [6.07, 6.45) is 3.51. The fraction of sp³-hybridized carbons (Fsp3) is 0.900. The number of carbonyl (C=O) groups is 1. The van der Waals surface area contributed by atoms with Gasteiger partial charge >= 0.3 is 6.03 Å². The van der Waals surface area contributed by atoms with Crippen LogP contribution in [0.5, 0.6) is 0 Å². The minimum absolute atomic E-state index is 0.132. The summed E-state index contributed by atoms with van der Waals surface area (Å²) in [7, 11) is 5.58. The van der Waals surface area contributed by atoms with E-state index in [9.17, 15) is 4.79 Å². The Morgan fingerprint density at radius 2 is 2.14 bits per heavy atom. The molecule has 4 nitrogen and oxygen atoms in total. The molecule has 1 N–H and O–H groups in total. The Morgan fingerprint density at radius 1 is 1.43 bits per heavy atom. The van der Waals surface area contributed by atoms with E-state index in [4.69, 9.17) is 0 Å². The van der Waals surface area contributed by atoms with Crippen molar-refractivity contribution in [2.45, 2.75) is 25.3 Å². The van der Waals surface area contributed by atoms with Crippen molar-refractivity contribution in [3.8, 4) is 0 Å². The molecule has 1 aliphatic heterocycles. The first kappa shape index (κ1) is 11.3. The van der Waals surface area contributed by atoms with Crippen molar-refractivity contribution >= 4 is 6.03 Å². The maximum Gasteiger partial charge on any atom is 0.319 e. The molecule has 0 aromatic rings. The second-order valence-corrected chi connectivity index (χ2v) is 4.10. The van der Waals surface area contributed by atoms with Gasteiger partial charge in [0.25, 0.3) is 0 Å². The number of nitrogens with zero attached hydrogens (tertiary/aromatic N) is 2. The molecule has 0 aromatic carbocycles. The van der Waals surface area contributed by atoms with Crippen LogP contribution in [0.4, 0.5) is 4.79 Å². The molecule has 1 aliphatic rings. The van der Waals surface area contributed by atoms with E-state index in [-0.39, 0.29) is 6.03 Å². The number of likely N-dealkylation sites (tertiary alicyclic amines) is 1. The summed E-state index contributed by atoms with van der Waals surface area (Å²) in [6.45, 7) is 1.74. The molecule has 0 bridgehead atoms. The fourth-order valence-corrected chi connectivity index (χ4v) is 1.83. The first-order chi connectivity index (χ1) is 6.65. The van der Waals surface area contributed by atoms with Gasteiger partial charge in [-0.3, -0.25) is 0 Å². The molecule has 82 valence electrons. The van der Waals surface area contributed by atoms with Crippen LogP contribution in [-0.2, 0) is 0 Å². The Labute approximate surface area is 86.2 Å². The zero-order valence-electron chi connectivity index (χ0n) is 9.42. The van der Waals surface area contributed by atoms with Gasteiger partial charge < -0.3 is 15.1 Å². The number of rotatable bonds is 1. The van der Waals surface area contributed by atoms with Crippen LogP contribution in [0.2, 0.25) is 0 Å². The van der Waals surface area contributed by atoms with Crippen molar-refractivity contribution in [3.05, 3.63) is 0 Å².